The minimum absolute atomic E-state index is 0.309. The first-order valence-electron chi connectivity index (χ1n) is 12.2. The average molecular weight is 409 g/mol. The van der Waals surface area contributed by atoms with Gasteiger partial charge in [0.2, 0.25) is 0 Å². The van der Waals surface area contributed by atoms with Crippen molar-refractivity contribution in [1.82, 2.24) is 0 Å². The second kappa shape index (κ2) is 14.4. The van der Waals surface area contributed by atoms with E-state index in [0.29, 0.717) is 5.41 Å². The van der Waals surface area contributed by atoms with Crippen LogP contribution in [0.5, 0.6) is 0 Å². The molecule has 0 spiro atoms. The maximum atomic E-state index is 4.24. The van der Waals surface area contributed by atoms with E-state index >= 15 is 0 Å². The van der Waals surface area contributed by atoms with Gasteiger partial charge in [0.1, 0.15) is 0 Å². The molecule has 0 aromatic rings. The van der Waals surface area contributed by atoms with Crippen molar-refractivity contribution in [3.8, 4) is 0 Å². The third-order valence-electron chi connectivity index (χ3n) is 6.36. The molecule has 1 aliphatic carbocycles. The van der Waals surface area contributed by atoms with Gasteiger partial charge in [-0.15, -0.1) is 6.58 Å². The number of allylic oxidation sites excluding steroid dienone is 11. The van der Waals surface area contributed by atoms with E-state index in [1.807, 2.05) is 0 Å². The van der Waals surface area contributed by atoms with Gasteiger partial charge in [0.25, 0.3) is 0 Å². The summed E-state index contributed by atoms with van der Waals surface area (Å²) in [5.41, 5.74) is 7.88. The Labute approximate surface area is 188 Å². The third kappa shape index (κ3) is 11.6. The van der Waals surface area contributed by atoms with Crippen molar-refractivity contribution in [3.05, 3.63) is 70.9 Å². The summed E-state index contributed by atoms with van der Waals surface area (Å²) in [4.78, 5) is 0. The Morgan fingerprint density at radius 2 is 1.40 bits per heavy atom. The second-order valence-electron chi connectivity index (χ2n) is 9.96. The first-order valence-corrected chi connectivity index (χ1v) is 12.2. The van der Waals surface area contributed by atoms with Crippen LogP contribution in [0.25, 0.3) is 0 Å². The van der Waals surface area contributed by atoms with Crippen LogP contribution in [-0.4, -0.2) is 0 Å². The largest absolute Gasteiger partial charge is 0.103 e. The summed E-state index contributed by atoms with van der Waals surface area (Å²) in [6, 6.07) is 0. The highest BCUT2D eigenvalue weighted by molar-refractivity contribution is 5.17. The van der Waals surface area contributed by atoms with E-state index in [-0.39, 0.29) is 0 Å². The standard InChI is InChI=1S/C30H48/c1-8-30(22-12-19-28(7)17-10-15-26(4)5)23-13-21-29(24-30)20-11-18-27(6)16-9-14-25(2)3/h8,14-15,18-19,21H,1,9-13,16-17,20,22-24H2,2-7H3. The predicted octanol–water partition coefficient (Wildman–Crippen LogP) is 10.2. The average Bonchev–Trinajstić information content (AvgIpc) is 2.67. The fourth-order valence-corrected chi connectivity index (χ4v) is 4.35. The molecule has 0 nitrogen and oxygen atoms in total. The summed E-state index contributed by atoms with van der Waals surface area (Å²) in [6.45, 7) is 17.5. The molecule has 0 saturated carbocycles. The highest BCUT2D eigenvalue weighted by Gasteiger charge is 2.28. The summed E-state index contributed by atoms with van der Waals surface area (Å²) < 4.78 is 0. The second-order valence-corrected chi connectivity index (χ2v) is 9.96. The van der Waals surface area contributed by atoms with Gasteiger partial charge in [0.15, 0.2) is 0 Å². The fraction of sp³-hybridized carbons (Fsp3) is 0.600. The Balaban J connectivity index is 2.49. The molecule has 1 rings (SSSR count). The van der Waals surface area contributed by atoms with Crippen LogP contribution in [0.3, 0.4) is 0 Å². The van der Waals surface area contributed by atoms with Gasteiger partial charge in [-0.1, -0.05) is 64.3 Å². The lowest BCUT2D eigenvalue weighted by Crippen LogP contribution is -2.21. The van der Waals surface area contributed by atoms with Gasteiger partial charge < -0.3 is 0 Å². The summed E-state index contributed by atoms with van der Waals surface area (Å²) in [7, 11) is 0. The predicted molar refractivity (Wildman–Crippen MR) is 138 cm³/mol. The molecule has 0 fully saturated rings. The monoisotopic (exact) mass is 408 g/mol. The topological polar surface area (TPSA) is 0 Å². The van der Waals surface area contributed by atoms with E-state index < -0.39 is 0 Å². The van der Waals surface area contributed by atoms with E-state index in [4.69, 9.17) is 0 Å². The minimum atomic E-state index is 0.309. The molecule has 0 saturated heterocycles. The lowest BCUT2D eigenvalue weighted by atomic mass is 9.70. The zero-order valence-corrected chi connectivity index (χ0v) is 20.9. The van der Waals surface area contributed by atoms with Crippen LogP contribution >= 0.6 is 0 Å². The summed E-state index contributed by atoms with van der Waals surface area (Å²) in [5, 5.41) is 0. The molecule has 0 bridgehead atoms. The molecule has 0 N–H and O–H groups in total. The van der Waals surface area contributed by atoms with Crippen molar-refractivity contribution in [1.29, 1.82) is 0 Å². The first-order chi connectivity index (χ1) is 14.3. The van der Waals surface area contributed by atoms with Gasteiger partial charge in [-0.3, -0.25) is 0 Å². The van der Waals surface area contributed by atoms with Crippen molar-refractivity contribution in [2.24, 2.45) is 5.41 Å². The molecule has 0 aromatic carbocycles. The lowest BCUT2D eigenvalue weighted by Gasteiger charge is -2.35. The van der Waals surface area contributed by atoms with Gasteiger partial charge in [-0.25, -0.2) is 0 Å². The van der Waals surface area contributed by atoms with Gasteiger partial charge in [-0.05, 0) is 118 Å². The van der Waals surface area contributed by atoms with E-state index in [1.54, 1.807) is 5.57 Å². The van der Waals surface area contributed by atoms with Crippen molar-refractivity contribution in [3.63, 3.8) is 0 Å². The number of hydrogen-bond acceptors (Lipinski definition) is 0. The van der Waals surface area contributed by atoms with E-state index in [9.17, 15) is 0 Å². The molecule has 0 aliphatic heterocycles. The number of rotatable bonds is 13. The highest BCUT2D eigenvalue weighted by atomic mass is 14.3. The van der Waals surface area contributed by atoms with Gasteiger partial charge in [0, 0.05) is 0 Å². The molecule has 1 atom stereocenters. The Morgan fingerprint density at radius 1 is 0.833 bits per heavy atom. The van der Waals surface area contributed by atoms with Crippen molar-refractivity contribution < 1.29 is 0 Å². The lowest BCUT2D eigenvalue weighted by molar-refractivity contribution is 0.308. The Hall–Kier alpha value is -1.56. The molecule has 0 heteroatoms. The van der Waals surface area contributed by atoms with Crippen LogP contribution in [-0.2, 0) is 0 Å². The normalized spacial score (nSPS) is 19.9. The van der Waals surface area contributed by atoms with Crippen LogP contribution in [0, 0.1) is 5.41 Å². The third-order valence-corrected chi connectivity index (χ3v) is 6.36. The number of hydrogen-bond donors (Lipinski definition) is 0. The van der Waals surface area contributed by atoms with Crippen LogP contribution in [0.15, 0.2) is 70.9 Å². The van der Waals surface area contributed by atoms with E-state index in [0.717, 1.165) is 0 Å². The Bertz CT molecular complexity index is 669. The molecular formula is C30H48. The highest BCUT2D eigenvalue weighted by Crippen LogP contribution is 2.42. The zero-order chi connectivity index (χ0) is 22.4. The molecule has 30 heavy (non-hydrogen) atoms. The van der Waals surface area contributed by atoms with E-state index in [2.05, 4.69) is 84.6 Å². The molecule has 168 valence electrons. The fourth-order valence-electron chi connectivity index (χ4n) is 4.35. The maximum absolute atomic E-state index is 4.24. The summed E-state index contributed by atoms with van der Waals surface area (Å²) in [6.07, 6.45) is 27.7. The molecule has 0 heterocycles. The molecule has 1 unspecified atom stereocenters. The van der Waals surface area contributed by atoms with Crippen LogP contribution in [0.2, 0.25) is 0 Å². The maximum Gasteiger partial charge on any atom is -0.00779 e. The SMILES string of the molecule is C=CC1(CCC=C(C)CCC=C(C)C)CCC=C(CCC=C(C)CCC=C(C)C)C1. The zero-order valence-electron chi connectivity index (χ0n) is 20.9. The Kier molecular flexibility index (Phi) is 12.7. The summed E-state index contributed by atoms with van der Waals surface area (Å²) >= 11 is 0. The molecule has 0 radical (unpaired) electrons. The van der Waals surface area contributed by atoms with E-state index in [1.165, 1.54) is 92.9 Å². The van der Waals surface area contributed by atoms with Crippen molar-refractivity contribution >= 4 is 0 Å². The van der Waals surface area contributed by atoms with Gasteiger partial charge in [0.05, 0.1) is 0 Å². The molecule has 0 aromatic heterocycles. The van der Waals surface area contributed by atoms with Gasteiger partial charge in [-0.2, -0.15) is 0 Å². The smallest absolute Gasteiger partial charge is 0.00779 e. The Morgan fingerprint density at radius 3 is 1.93 bits per heavy atom. The summed E-state index contributed by atoms with van der Waals surface area (Å²) in [5.74, 6) is 0. The van der Waals surface area contributed by atoms with Crippen molar-refractivity contribution in [2.45, 2.75) is 112 Å². The minimum Gasteiger partial charge on any atom is -0.103 e. The van der Waals surface area contributed by atoms with Crippen molar-refractivity contribution in [2.75, 3.05) is 0 Å². The molecule has 1 aliphatic rings. The molecular weight excluding hydrogens is 360 g/mol. The first kappa shape index (κ1) is 26.5. The van der Waals surface area contributed by atoms with Crippen LogP contribution in [0.4, 0.5) is 0 Å². The van der Waals surface area contributed by atoms with Crippen LogP contribution in [0.1, 0.15) is 112 Å². The van der Waals surface area contributed by atoms with Crippen LogP contribution < -0.4 is 0 Å². The van der Waals surface area contributed by atoms with Gasteiger partial charge >= 0.3 is 0 Å². The molecule has 0 amide bonds. The quantitative estimate of drug-likeness (QED) is 0.266.